The zero-order chi connectivity index (χ0) is 13.9. The van der Waals surface area contributed by atoms with Crippen LogP contribution in [0.15, 0.2) is 60.7 Å². The Kier molecular flexibility index (Phi) is 3.61. The van der Waals surface area contributed by atoms with Crippen LogP contribution in [0.1, 0.15) is 29.8 Å². The molecule has 0 saturated heterocycles. The number of rotatable bonds is 4. The van der Waals surface area contributed by atoms with E-state index in [1.807, 2.05) is 36.4 Å². The molecule has 0 bridgehead atoms. The van der Waals surface area contributed by atoms with E-state index in [2.05, 4.69) is 0 Å². The fourth-order valence-electron chi connectivity index (χ4n) is 2.14. The van der Waals surface area contributed by atoms with Crippen molar-refractivity contribution in [2.45, 2.75) is 19.3 Å². The van der Waals surface area contributed by atoms with Gasteiger partial charge in [-0.1, -0.05) is 60.7 Å². The van der Waals surface area contributed by atoms with E-state index in [4.69, 9.17) is 0 Å². The molecule has 0 radical (unpaired) electrons. The lowest BCUT2D eigenvalue weighted by Crippen LogP contribution is -2.39. The van der Waals surface area contributed by atoms with Gasteiger partial charge in [-0.25, -0.2) is 0 Å². The van der Waals surface area contributed by atoms with Crippen LogP contribution in [0.25, 0.3) is 0 Å². The first-order chi connectivity index (χ1) is 9.06. The summed E-state index contributed by atoms with van der Waals surface area (Å²) in [5.74, 6) is -0.306. The molecule has 19 heavy (non-hydrogen) atoms. The second kappa shape index (κ2) is 5.19. The van der Waals surface area contributed by atoms with Gasteiger partial charge < -0.3 is 0 Å². The highest BCUT2D eigenvalue weighted by Crippen LogP contribution is 2.29. The highest BCUT2D eigenvalue weighted by molar-refractivity contribution is 6.18. The molecule has 0 aliphatic heterocycles. The zero-order valence-electron chi connectivity index (χ0n) is 11.1. The predicted molar refractivity (Wildman–Crippen MR) is 75.2 cm³/mol. The molecule has 0 spiro atoms. The highest BCUT2D eigenvalue weighted by atomic mass is 16.2. The molecular weight excluding hydrogens is 236 g/mol. The Morgan fingerprint density at radius 1 is 0.842 bits per heavy atom. The van der Waals surface area contributed by atoms with Crippen LogP contribution in [0.3, 0.4) is 0 Å². The molecule has 2 nitrogen and oxygen atoms in total. The molecule has 0 fully saturated rings. The van der Waals surface area contributed by atoms with Gasteiger partial charge in [-0.05, 0) is 19.4 Å². The fraction of sp³-hybridized carbons (Fsp3) is 0.176. The second-order valence-electron chi connectivity index (χ2n) is 4.74. The summed E-state index contributed by atoms with van der Waals surface area (Å²) in [5, 5.41) is 0. The van der Waals surface area contributed by atoms with Crippen LogP contribution in [0, 0.1) is 0 Å². The summed E-state index contributed by atoms with van der Waals surface area (Å²) >= 11 is 0. The Labute approximate surface area is 113 Å². The maximum absolute atomic E-state index is 12.7. The Hall–Kier alpha value is -2.22. The second-order valence-corrected chi connectivity index (χ2v) is 4.74. The summed E-state index contributed by atoms with van der Waals surface area (Å²) in [5.41, 5.74) is 0.170. The van der Waals surface area contributed by atoms with E-state index in [0.717, 1.165) is 5.56 Å². The van der Waals surface area contributed by atoms with Gasteiger partial charge in [0.2, 0.25) is 0 Å². The number of Topliss-reactive ketones (excluding diaryl/α,β-unsaturated/α-hetero) is 2. The average molecular weight is 252 g/mol. The minimum atomic E-state index is -1.12. The summed E-state index contributed by atoms with van der Waals surface area (Å²) in [6, 6.07) is 18.1. The van der Waals surface area contributed by atoms with Crippen molar-refractivity contribution >= 4 is 11.6 Å². The van der Waals surface area contributed by atoms with Crippen LogP contribution in [0.2, 0.25) is 0 Å². The number of ketones is 2. The van der Waals surface area contributed by atoms with Crippen LogP contribution in [-0.4, -0.2) is 11.6 Å². The Morgan fingerprint density at radius 3 is 1.79 bits per heavy atom. The lowest BCUT2D eigenvalue weighted by Gasteiger charge is -2.25. The average Bonchev–Trinajstić information content (AvgIpc) is 2.47. The molecule has 0 aliphatic rings. The summed E-state index contributed by atoms with van der Waals surface area (Å²) in [4.78, 5) is 24.7. The van der Waals surface area contributed by atoms with E-state index < -0.39 is 5.41 Å². The zero-order valence-corrected chi connectivity index (χ0v) is 11.1. The third-order valence-corrected chi connectivity index (χ3v) is 3.55. The molecule has 1 atom stereocenters. The quantitative estimate of drug-likeness (QED) is 0.617. The van der Waals surface area contributed by atoms with Gasteiger partial charge in [-0.2, -0.15) is 0 Å². The van der Waals surface area contributed by atoms with E-state index in [-0.39, 0.29) is 11.6 Å². The first-order valence-electron chi connectivity index (χ1n) is 6.23. The monoisotopic (exact) mass is 252 g/mol. The van der Waals surface area contributed by atoms with Gasteiger partial charge in [0.1, 0.15) is 11.2 Å². The van der Waals surface area contributed by atoms with Gasteiger partial charge in [-0.15, -0.1) is 0 Å². The number of benzene rings is 2. The minimum absolute atomic E-state index is 0.146. The molecule has 0 N–H and O–H groups in total. The topological polar surface area (TPSA) is 34.1 Å². The molecule has 2 heteroatoms. The summed E-state index contributed by atoms with van der Waals surface area (Å²) in [7, 11) is 0. The maximum atomic E-state index is 12.7. The Morgan fingerprint density at radius 2 is 1.32 bits per heavy atom. The van der Waals surface area contributed by atoms with E-state index in [1.165, 1.54) is 6.92 Å². The van der Waals surface area contributed by atoms with Crippen molar-refractivity contribution in [3.05, 3.63) is 71.8 Å². The van der Waals surface area contributed by atoms with Crippen LogP contribution in [-0.2, 0) is 10.2 Å². The van der Waals surface area contributed by atoms with Crippen molar-refractivity contribution in [3.8, 4) is 0 Å². The third-order valence-electron chi connectivity index (χ3n) is 3.55. The molecule has 96 valence electrons. The Bertz CT molecular complexity index is 587. The van der Waals surface area contributed by atoms with E-state index in [1.54, 1.807) is 31.2 Å². The lowest BCUT2D eigenvalue weighted by molar-refractivity contribution is -0.120. The molecule has 0 aliphatic carbocycles. The molecule has 2 rings (SSSR count). The number of carbonyl (C=O) groups excluding carboxylic acids is 2. The molecule has 0 heterocycles. The number of carbonyl (C=O) groups is 2. The van der Waals surface area contributed by atoms with E-state index in [0.29, 0.717) is 5.56 Å². The molecule has 1 unspecified atom stereocenters. The standard InChI is InChI=1S/C17H16O2/c1-13(18)17(2,15-11-7-4-8-12-15)16(19)14-9-5-3-6-10-14/h3-12H,1-2H3. The van der Waals surface area contributed by atoms with Crippen molar-refractivity contribution < 1.29 is 9.59 Å². The van der Waals surface area contributed by atoms with Crippen molar-refractivity contribution in [2.24, 2.45) is 0 Å². The van der Waals surface area contributed by atoms with Crippen molar-refractivity contribution in [1.82, 2.24) is 0 Å². The normalized spacial score (nSPS) is 13.6. The van der Waals surface area contributed by atoms with Gasteiger partial charge in [0.05, 0.1) is 0 Å². The van der Waals surface area contributed by atoms with Gasteiger partial charge in [0, 0.05) is 5.56 Å². The number of hydrogen-bond donors (Lipinski definition) is 0. The van der Waals surface area contributed by atoms with Gasteiger partial charge in [0.25, 0.3) is 0 Å². The van der Waals surface area contributed by atoms with Crippen LogP contribution in [0.4, 0.5) is 0 Å². The summed E-state index contributed by atoms with van der Waals surface area (Å²) in [6.45, 7) is 3.16. The van der Waals surface area contributed by atoms with Gasteiger partial charge in [0.15, 0.2) is 5.78 Å². The number of hydrogen-bond acceptors (Lipinski definition) is 2. The molecule has 0 saturated carbocycles. The molecular formula is C17H16O2. The van der Waals surface area contributed by atoms with Crippen LogP contribution in [0.5, 0.6) is 0 Å². The Balaban J connectivity index is 2.53. The highest BCUT2D eigenvalue weighted by Gasteiger charge is 2.40. The lowest BCUT2D eigenvalue weighted by atomic mass is 9.73. The van der Waals surface area contributed by atoms with Gasteiger partial charge in [-0.3, -0.25) is 9.59 Å². The van der Waals surface area contributed by atoms with Crippen LogP contribution >= 0.6 is 0 Å². The minimum Gasteiger partial charge on any atom is -0.299 e. The third kappa shape index (κ3) is 2.34. The molecule has 2 aromatic rings. The largest absolute Gasteiger partial charge is 0.299 e. The first kappa shape index (κ1) is 13.2. The van der Waals surface area contributed by atoms with Crippen LogP contribution < -0.4 is 0 Å². The van der Waals surface area contributed by atoms with E-state index in [9.17, 15) is 9.59 Å². The molecule has 0 aromatic heterocycles. The van der Waals surface area contributed by atoms with Gasteiger partial charge >= 0.3 is 0 Å². The smallest absolute Gasteiger partial charge is 0.180 e. The maximum Gasteiger partial charge on any atom is 0.180 e. The fourth-order valence-corrected chi connectivity index (χ4v) is 2.14. The van der Waals surface area contributed by atoms with Crippen molar-refractivity contribution in [1.29, 1.82) is 0 Å². The SMILES string of the molecule is CC(=O)C(C)(C(=O)c1ccccc1)c1ccccc1. The predicted octanol–water partition coefficient (Wildman–Crippen LogP) is 3.42. The van der Waals surface area contributed by atoms with E-state index >= 15 is 0 Å². The molecule has 2 aromatic carbocycles. The molecule has 0 amide bonds. The summed E-state index contributed by atoms with van der Waals surface area (Å²) in [6.07, 6.45) is 0. The van der Waals surface area contributed by atoms with Crippen molar-refractivity contribution in [2.75, 3.05) is 0 Å². The first-order valence-corrected chi connectivity index (χ1v) is 6.23. The summed E-state index contributed by atoms with van der Waals surface area (Å²) < 4.78 is 0. The van der Waals surface area contributed by atoms with Crippen molar-refractivity contribution in [3.63, 3.8) is 0 Å².